The Kier molecular flexibility index (Phi) is 5.20. The molecule has 0 radical (unpaired) electrons. The number of aromatic nitrogens is 4. The van der Waals surface area contributed by atoms with Crippen LogP contribution in [0.5, 0.6) is 0 Å². The lowest BCUT2D eigenvalue weighted by atomic mass is 10.0. The lowest BCUT2D eigenvalue weighted by Crippen LogP contribution is -2.27. The quantitative estimate of drug-likeness (QED) is 0.293. The molecule has 1 saturated heterocycles. The fourth-order valence-corrected chi connectivity index (χ4v) is 5.06. The van der Waals surface area contributed by atoms with Crippen LogP contribution in [0.2, 0.25) is 0 Å². The van der Waals surface area contributed by atoms with Gasteiger partial charge in [0.15, 0.2) is 0 Å². The Morgan fingerprint density at radius 3 is 2.74 bits per heavy atom. The van der Waals surface area contributed by atoms with Crippen LogP contribution < -0.4 is 5.56 Å². The molecule has 0 saturated carbocycles. The van der Waals surface area contributed by atoms with E-state index < -0.39 is 5.82 Å². The molecule has 172 valence electrons. The molecule has 0 unspecified atom stereocenters. The molecule has 8 heteroatoms. The van der Waals surface area contributed by atoms with Crippen LogP contribution in [0.3, 0.4) is 0 Å². The van der Waals surface area contributed by atoms with Crippen LogP contribution in [-0.2, 0) is 6.54 Å². The van der Waals surface area contributed by atoms with Gasteiger partial charge in [-0.1, -0.05) is 18.2 Å². The number of para-hydroxylation sites is 1. The Labute approximate surface area is 200 Å². The summed E-state index contributed by atoms with van der Waals surface area (Å²) >= 11 is 0. The largest absolute Gasteiger partial charge is 0.304 e. The molecule has 35 heavy (non-hydrogen) atoms. The maximum absolute atomic E-state index is 15.2. The molecule has 4 heterocycles. The van der Waals surface area contributed by atoms with Crippen LogP contribution in [0.4, 0.5) is 4.39 Å². The summed E-state index contributed by atoms with van der Waals surface area (Å²) in [5.74, 6) is -0.165. The van der Waals surface area contributed by atoms with Gasteiger partial charge in [-0.3, -0.25) is 19.7 Å². The van der Waals surface area contributed by atoms with Gasteiger partial charge in [0.1, 0.15) is 11.3 Å². The minimum atomic E-state index is -0.401. The summed E-state index contributed by atoms with van der Waals surface area (Å²) < 4.78 is 17.0. The second-order valence-corrected chi connectivity index (χ2v) is 9.01. The first-order valence-electron chi connectivity index (χ1n) is 11.5. The van der Waals surface area contributed by atoms with Crippen LogP contribution in [0.25, 0.3) is 44.0 Å². The van der Waals surface area contributed by atoms with Crippen molar-refractivity contribution in [1.82, 2.24) is 24.4 Å². The van der Waals surface area contributed by atoms with E-state index in [9.17, 15) is 4.79 Å². The van der Waals surface area contributed by atoms with E-state index in [0.717, 1.165) is 30.4 Å². The lowest BCUT2D eigenvalue weighted by Gasteiger charge is -2.17. The number of hydrogen-bond acceptors (Lipinski definition) is 6. The van der Waals surface area contributed by atoms with Crippen molar-refractivity contribution in [3.63, 3.8) is 0 Å². The summed E-state index contributed by atoms with van der Waals surface area (Å²) in [4.78, 5) is 28.3. The predicted molar refractivity (Wildman–Crippen MR) is 132 cm³/mol. The molecular formula is C27H21FN6O. The molecule has 6 rings (SSSR count). The normalized spacial score (nSPS) is 16.3. The average molecular weight is 465 g/mol. The molecule has 1 aliphatic heterocycles. The van der Waals surface area contributed by atoms with Gasteiger partial charge in [0.25, 0.3) is 5.56 Å². The number of rotatable bonds is 4. The van der Waals surface area contributed by atoms with Gasteiger partial charge in [-0.25, -0.2) is 9.37 Å². The maximum Gasteiger partial charge on any atom is 0.269 e. The molecule has 0 spiro atoms. The Morgan fingerprint density at radius 1 is 1.03 bits per heavy atom. The number of hydrogen-bond donors (Lipinski definition) is 0. The highest BCUT2D eigenvalue weighted by molar-refractivity contribution is 6.03. The Bertz CT molecular complexity index is 1710. The van der Waals surface area contributed by atoms with Crippen molar-refractivity contribution >= 4 is 32.8 Å². The highest BCUT2D eigenvalue weighted by Gasteiger charge is 2.24. The van der Waals surface area contributed by atoms with E-state index >= 15 is 4.39 Å². The first-order chi connectivity index (χ1) is 17.1. The van der Waals surface area contributed by atoms with E-state index in [2.05, 4.69) is 25.9 Å². The zero-order valence-electron chi connectivity index (χ0n) is 18.9. The highest BCUT2D eigenvalue weighted by Crippen LogP contribution is 2.32. The Balaban J connectivity index is 1.52. The molecule has 3 aromatic heterocycles. The fourth-order valence-electron chi connectivity index (χ4n) is 5.06. The van der Waals surface area contributed by atoms with Gasteiger partial charge in [0.05, 0.1) is 41.6 Å². The fraction of sp³-hybridized carbons (Fsp3) is 0.222. The monoisotopic (exact) mass is 464 g/mol. The van der Waals surface area contributed by atoms with Gasteiger partial charge in [-0.05, 0) is 37.1 Å². The number of pyridine rings is 2. The standard InChI is InChI=1S/C27H21FN6O/c28-22-11-24-21(10-20(22)19-9-18-3-1-2-4-23(18)30-12-19)27-25(13-31-24)32-14-26(35)34(27)16-17-5-7-33(15-17)8-6-29/h1-4,9-14,17H,5,7-8,15-16H2/t17-/m0/s1. The topological polar surface area (TPSA) is 87.7 Å². The summed E-state index contributed by atoms with van der Waals surface area (Å²) in [6.07, 6.45) is 5.47. The third-order valence-corrected chi connectivity index (χ3v) is 6.77. The van der Waals surface area contributed by atoms with Crippen LogP contribution in [0.15, 0.2) is 65.8 Å². The molecule has 0 bridgehead atoms. The van der Waals surface area contributed by atoms with Gasteiger partial charge in [-0.15, -0.1) is 0 Å². The van der Waals surface area contributed by atoms with Gasteiger partial charge in [0.2, 0.25) is 0 Å². The van der Waals surface area contributed by atoms with E-state index in [1.807, 2.05) is 30.3 Å². The molecule has 7 nitrogen and oxygen atoms in total. The Hall–Kier alpha value is -4.22. The minimum Gasteiger partial charge on any atom is -0.304 e. The second-order valence-electron chi connectivity index (χ2n) is 9.01. The van der Waals surface area contributed by atoms with Crippen molar-refractivity contribution in [3.05, 3.63) is 77.2 Å². The van der Waals surface area contributed by atoms with Crippen LogP contribution >= 0.6 is 0 Å². The zero-order chi connectivity index (χ0) is 23.9. The predicted octanol–water partition coefficient (Wildman–Crippen LogP) is 4.14. The van der Waals surface area contributed by atoms with Gasteiger partial charge in [0, 0.05) is 47.3 Å². The van der Waals surface area contributed by atoms with Crippen molar-refractivity contribution in [3.8, 4) is 17.2 Å². The number of nitriles is 1. The second kappa shape index (κ2) is 8.53. The number of halogens is 1. The molecule has 2 aromatic carbocycles. The van der Waals surface area contributed by atoms with Gasteiger partial charge in [-0.2, -0.15) is 5.26 Å². The van der Waals surface area contributed by atoms with Crippen molar-refractivity contribution in [2.45, 2.75) is 13.0 Å². The number of benzene rings is 2. The SMILES string of the molecule is N#CCN1CC[C@H](Cn2c(=O)cnc3cnc4cc(F)c(-c5cnc6ccccc6c5)cc4c32)C1. The van der Waals surface area contributed by atoms with Gasteiger partial charge < -0.3 is 4.57 Å². The number of nitrogens with zero attached hydrogens (tertiary/aromatic N) is 6. The lowest BCUT2D eigenvalue weighted by molar-refractivity contribution is 0.351. The van der Waals surface area contributed by atoms with Crippen LogP contribution in [0.1, 0.15) is 6.42 Å². The molecule has 1 aliphatic rings. The number of likely N-dealkylation sites (tertiary alicyclic amines) is 1. The molecule has 5 aromatic rings. The van der Waals surface area contributed by atoms with Gasteiger partial charge >= 0.3 is 0 Å². The first-order valence-corrected chi connectivity index (χ1v) is 11.5. The van der Waals surface area contributed by atoms with Crippen molar-refractivity contribution < 1.29 is 4.39 Å². The van der Waals surface area contributed by atoms with E-state index in [1.165, 1.54) is 12.3 Å². The summed E-state index contributed by atoms with van der Waals surface area (Å²) in [5.41, 5.74) is 3.38. The summed E-state index contributed by atoms with van der Waals surface area (Å²) in [5, 5.41) is 10.6. The summed E-state index contributed by atoms with van der Waals surface area (Å²) in [7, 11) is 0. The van der Waals surface area contributed by atoms with Crippen molar-refractivity contribution in [2.75, 3.05) is 19.6 Å². The van der Waals surface area contributed by atoms with E-state index in [-0.39, 0.29) is 11.5 Å². The summed E-state index contributed by atoms with van der Waals surface area (Å²) in [6, 6.07) is 15.0. The third-order valence-electron chi connectivity index (χ3n) is 6.77. The van der Waals surface area contributed by atoms with E-state index in [0.29, 0.717) is 46.2 Å². The molecular weight excluding hydrogens is 443 g/mol. The van der Waals surface area contributed by atoms with Crippen molar-refractivity contribution in [2.24, 2.45) is 5.92 Å². The summed E-state index contributed by atoms with van der Waals surface area (Å²) in [6.45, 7) is 2.49. The van der Waals surface area contributed by atoms with Crippen LogP contribution in [0, 0.1) is 23.1 Å². The molecule has 0 amide bonds. The Morgan fingerprint density at radius 2 is 1.86 bits per heavy atom. The molecule has 0 N–H and O–H groups in total. The van der Waals surface area contributed by atoms with E-state index in [1.54, 1.807) is 23.0 Å². The maximum atomic E-state index is 15.2. The zero-order valence-corrected chi connectivity index (χ0v) is 18.9. The van der Waals surface area contributed by atoms with E-state index in [4.69, 9.17) is 5.26 Å². The molecule has 0 aliphatic carbocycles. The first kappa shape index (κ1) is 21.3. The third kappa shape index (κ3) is 3.80. The number of fused-ring (bicyclic) bond motifs is 4. The minimum absolute atomic E-state index is 0.206. The van der Waals surface area contributed by atoms with Crippen molar-refractivity contribution in [1.29, 1.82) is 5.26 Å². The molecule has 1 fully saturated rings. The highest BCUT2D eigenvalue weighted by atomic mass is 19.1. The van der Waals surface area contributed by atoms with Crippen LogP contribution in [-0.4, -0.2) is 44.1 Å². The average Bonchev–Trinajstić information content (AvgIpc) is 3.32. The molecule has 1 atom stereocenters. The smallest absolute Gasteiger partial charge is 0.269 e.